The number of nitrogens with zero attached hydrogens (tertiary/aromatic N) is 2. The molecule has 0 radical (unpaired) electrons. The molecule has 2 saturated heterocycles. The Morgan fingerprint density at radius 3 is 2.32 bits per heavy atom. The van der Waals surface area contributed by atoms with Gasteiger partial charge in [-0.3, -0.25) is 4.90 Å². The van der Waals surface area contributed by atoms with E-state index >= 15 is 0 Å². The Morgan fingerprint density at radius 2 is 1.84 bits per heavy atom. The lowest BCUT2D eigenvalue weighted by molar-refractivity contribution is 0.0758. The van der Waals surface area contributed by atoms with E-state index < -0.39 is 10.0 Å². The van der Waals surface area contributed by atoms with Crippen molar-refractivity contribution in [2.75, 3.05) is 19.6 Å². The third kappa shape index (κ3) is 2.16. The largest absolute Gasteiger partial charge is 0.298 e. The second-order valence-corrected chi connectivity index (χ2v) is 8.60. The Hall–Kier alpha value is -0.390. The standard InChI is InChI=1S/C14H26N2O2S/c1-10(2)13-14(5,6)12-9-15(11(3)4)7-8-16(12)19(13,17)18/h11-12H,7-9H2,1-6H3. The summed E-state index contributed by atoms with van der Waals surface area (Å²) in [5.74, 6) is 0. The second-order valence-electron chi connectivity index (χ2n) is 6.77. The molecule has 1 atom stereocenters. The van der Waals surface area contributed by atoms with Crippen LogP contribution in [0.5, 0.6) is 0 Å². The van der Waals surface area contributed by atoms with Crippen molar-refractivity contribution in [3.63, 3.8) is 0 Å². The molecule has 0 aromatic heterocycles. The normalized spacial score (nSPS) is 30.7. The zero-order chi connectivity index (χ0) is 14.6. The Labute approximate surface area is 117 Å². The fraction of sp³-hybridized carbons (Fsp3) is 0.857. The molecule has 19 heavy (non-hydrogen) atoms. The van der Waals surface area contributed by atoms with Crippen molar-refractivity contribution in [3.8, 4) is 0 Å². The van der Waals surface area contributed by atoms with E-state index in [0.717, 1.165) is 18.7 Å². The van der Waals surface area contributed by atoms with Crippen molar-refractivity contribution in [2.45, 2.75) is 53.6 Å². The summed E-state index contributed by atoms with van der Waals surface area (Å²) in [6.45, 7) is 14.6. The van der Waals surface area contributed by atoms with Gasteiger partial charge in [-0.05, 0) is 27.7 Å². The van der Waals surface area contributed by atoms with E-state index in [1.165, 1.54) is 0 Å². The summed E-state index contributed by atoms with van der Waals surface area (Å²) >= 11 is 0. The molecule has 110 valence electrons. The summed E-state index contributed by atoms with van der Waals surface area (Å²) in [5.41, 5.74) is 0.626. The van der Waals surface area contributed by atoms with Crippen LogP contribution in [0.1, 0.15) is 41.5 Å². The van der Waals surface area contributed by atoms with Crippen molar-refractivity contribution in [1.29, 1.82) is 0 Å². The van der Waals surface area contributed by atoms with Crippen LogP contribution < -0.4 is 0 Å². The first-order valence-corrected chi connectivity index (χ1v) is 8.48. The molecule has 0 aromatic rings. The zero-order valence-electron chi connectivity index (χ0n) is 12.9. The summed E-state index contributed by atoms with van der Waals surface area (Å²) < 4.78 is 27.2. The van der Waals surface area contributed by atoms with E-state index in [4.69, 9.17) is 0 Å². The van der Waals surface area contributed by atoms with E-state index in [9.17, 15) is 8.42 Å². The SMILES string of the molecule is CC(C)=C1C(C)(C)C2CN(C(C)C)CCN2S1(=O)=O. The summed E-state index contributed by atoms with van der Waals surface area (Å²) in [7, 11) is -3.26. The van der Waals surface area contributed by atoms with Crippen LogP contribution in [0.25, 0.3) is 0 Å². The quantitative estimate of drug-likeness (QED) is 0.741. The average Bonchev–Trinajstić information content (AvgIpc) is 2.41. The highest BCUT2D eigenvalue weighted by atomic mass is 32.2. The van der Waals surface area contributed by atoms with Crippen LogP contribution in [0.15, 0.2) is 10.5 Å². The molecular weight excluding hydrogens is 260 g/mol. The molecule has 5 heteroatoms. The summed E-state index contributed by atoms with van der Waals surface area (Å²) in [4.78, 5) is 3.02. The Balaban J connectivity index is 2.48. The third-order valence-corrected chi connectivity index (χ3v) is 7.04. The lowest BCUT2D eigenvalue weighted by Gasteiger charge is -2.41. The van der Waals surface area contributed by atoms with Crippen LogP contribution in [-0.4, -0.2) is 49.3 Å². The summed E-state index contributed by atoms with van der Waals surface area (Å²) in [6.07, 6.45) is 0. The number of fused-ring (bicyclic) bond motifs is 1. The number of piperazine rings is 1. The van der Waals surface area contributed by atoms with E-state index in [1.54, 1.807) is 4.31 Å². The lowest BCUT2D eigenvalue weighted by atomic mass is 9.81. The minimum atomic E-state index is -3.26. The highest BCUT2D eigenvalue weighted by Gasteiger charge is 2.56. The van der Waals surface area contributed by atoms with E-state index in [-0.39, 0.29) is 11.5 Å². The maximum Gasteiger partial charge on any atom is 0.240 e. The predicted octanol–water partition coefficient (Wildman–Crippen LogP) is 2.04. The van der Waals surface area contributed by atoms with Crippen molar-refractivity contribution in [3.05, 3.63) is 10.5 Å². The zero-order valence-corrected chi connectivity index (χ0v) is 13.7. The molecule has 0 N–H and O–H groups in total. The highest BCUT2D eigenvalue weighted by molar-refractivity contribution is 7.93. The van der Waals surface area contributed by atoms with Gasteiger partial charge in [-0.15, -0.1) is 0 Å². The van der Waals surface area contributed by atoms with Crippen LogP contribution >= 0.6 is 0 Å². The molecular formula is C14H26N2O2S. The molecule has 0 bridgehead atoms. The van der Waals surface area contributed by atoms with Crippen molar-refractivity contribution < 1.29 is 8.42 Å². The molecule has 1 unspecified atom stereocenters. The molecule has 0 amide bonds. The number of rotatable bonds is 1. The van der Waals surface area contributed by atoms with Gasteiger partial charge < -0.3 is 0 Å². The van der Waals surface area contributed by atoms with Crippen LogP contribution in [0.2, 0.25) is 0 Å². The fourth-order valence-corrected chi connectivity index (χ4v) is 6.17. The van der Waals surface area contributed by atoms with Crippen LogP contribution in [0, 0.1) is 5.41 Å². The van der Waals surface area contributed by atoms with Gasteiger partial charge in [-0.2, -0.15) is 4.31 Å². The van der Waals surface area contributed by atoms with Crippen LogP contribution in [0.4, 0.5) is 0 Å². The minimum Gasteiger partial charge on any atom is -0.298 e. The molecule has 2 rings (SSSR count). The fourth-order valence-electron chi connectivity index (χ4n) is 3.64. The predicted molar refractivity (Wildman–Crippen MR) is 78.3 cm³/mol. The lowest BCUT2D eigenvalue weighted by Crippen LogP contribution is -2.56. The maximum atomic E-state index is 12.7. The van der Waals surface area contributed by atoms with Crippen molar-refractivity contribution in [2.24, 2.45) is 5.41 Å². The van der Waals surface area contributed by atoms with E-state index in [0.29, 0.717) is 17.5 Å². The Bertz CT molecular complexity index is 502. The van der Waals surface area contributed by atoms with Gasteiger partial charge in [0.25, 0.3) is 0 Å². The first-order chi connectivity index (χ1) is 8.60. The number of hydrogen-bond donors (Lipinski definition) is 0. The third-order valence-electron chi connectivity index (χ3n) is 4.53. The van der Waals surface area contributed by atoms with E-state index in [1.807, 2.05) is 13.8 Å². The van der Waals surface area contributed by atoms with E-state index in [2.05, 4.69) is 32.6 Å². The Kier molecular flexibility index (Phi) is 3.61. The monoisotopic (exact) mass is 286 g/mol. The van der Waals surface area contributed by atoms with Crippen LogP contribution in [0.3, 0.4) is 0 Å². The molecule has 2 fully saturated rings. The minimum absolute atomic E-state index is 0.0681. The van der Waals surface area contributed by atoms with Crippen molar-refractivity contribution in [1.82, 2.24) is 9.21 Å². The maximum absolute atomic E-state index is 12.7. The topological polar surface area (TPSA) is 40.6 Å². The number of hydrogen-bond acceptors (Lipinski definition) is 3. The molecule has 0 spiro atoms. The van der Waals surface area contributed by atoms with Gasteiger partial charge >= 0.3 is 0 Å². The molecule has 2 aliphatic rings. The van der Waals surface area contributed by atoms with Gasteiger partial charge in [0.05, 0.1) is 4.91 Å². The van der Waals surface area contributed by atoms with Crippen molar-refractivity contribution >= 4 is 10.0 Å². The highest BCUT2D eigenvalue weighted by Crippen LogP contribution is 2.48. The molecule has 2 aliphatic heterocycles. The average molecular weight is 286 g/mol. The summed E-state index contributed by atoms with van der Waals surface area (Å²) in [6, 6.07) is 0.537. The molecule has 4 nitrogen and oxygen atoms in total. The van der Waals surface area contributed by atoms with Gasteiger partial charge in [0.1, 0.15) is 0 Å². The van der Waals surface area contributed by atoms with Gasteiger partial charge in [-0.25, -0.2) is 8.42 Å². The van der Waals surface area contributed by atoms with Gasteiger partial charge in [0, 0.05) is 37.1 Å². The second kappa shape index (κ2) is 4.57. The first kappa shape index (κ1) is 15.0. The van der Waals surface area contributed by atoms with Gasteiger partial charge in [0.2, 0.25) is 10.0 Å². The molecule has 0 aliphatic carbocycles. The molecule has 0 aromatic carbocycles. The number of sulfonamides is 1. The molecule has 2 heterocycles. The Morgan fingerprint density at radius 1 is 1.26 bits per heavy atom. The summed E-state index contributed by atoms with van der Waals surface area (Å²) in [5, 5.41) is 0. The van der Waals surface area contributed by atoms with Crippen LogP contribution in [-0.2, 0) is 10.0 Å². The number of allylic oxidation sites excluding steroid dienone is 1. The smallest absolute Gasteiger partial charge is 0.240 e. The van der Waals surface area contributed by atoms with Gasteiger partial charge in [-0.1, -0.05) is 19.4 Å². The first-order valence-electron chi connectivity index (χ1n) is 7.04. The molecule has 0 saturated carbocycles. The van der Waals surface area contributed by atoms with Gasteiger partial charge in [0.15, 0.2) is 0 Å².